The van der Waals surface area contributed by atoms with E-state index < -0.39 is 0 Å². The Kier molecular flexibility index (Phi) is 3.71. The van der Waals surface area contributed by atoms with Gasteiger partial charge in [0.2, 0.25) is 0 Å². The zero-order chi connectivity index (χ0) is 13.3. The molecule has 0 radical (unpaired) electrons. The molecule has 0 saturated heterocycles. The molecule has 18 heavy (non-hydrogen) atoms. The number of anilines is 1. The van der Waals surface area contributed by atoms with E-state index >= 15 is 0 Å². The molecule has 0 aliphatic rings. The average Bonchev–Trinajstić information content (AvgIpc) is 2.63. The summed E-state index contributed by atoms with van der Waals surface area (Å²) in [5.41, 5.74) is 4.92. The molecule has 2 nitrogen and oxygen atoms in total. The SMILES string of the molecule is Cc1ccc(C)c(NC(C)c2nc(C)sc2C)c1. The molecule has 0 amide bonds. The number of nitrogens with one attached hydrogen (secondary N) is 1. The predicted molar refractivity (Wildman–Crippen MR) is 79.5 cm³/mol. The van der Waals surface area contributed by atoms with Gasteiger partial charge in [-0.05, 0) is 51.8 Å². The van der Waals surface area contributed by atoms with Crippen molar-refractivity contribution in [2.24, 2.45) is 0 Å². The summed E-state index contributed by atoms with van der Waals surface area (Å²) in [5, 5.41) is 4.70. The number of nitrogens with zero attached hydrogens (tertiary/aromatic N) is 1. The first-order chi connectivity index (χ1) is 8.47. The van der Waals surface area contributed by atoms with Crippen molar-refractivity contribution in [1.29, 1.82) is 0 Å². The van der Waals surface area contributed by atoms with Crippen LogP contribution in [0.15, 0.2) is 18.2 Å². The van der Waals surface area contributed by atoms with Crippen LogP contribution < -0.4 is 5.32 Å². The molecule has 0 saturated carbocycles. The van der Waals surface area contributed by atoms with Crippen molar-refractivity contribution in [3.05, 3.63) is 44.9 Å². The van der Waals surface area contributed by atoms with Crippen LogP contribution in [0.5, 0.6) is 0 Å². The summed E-state index contributed by atoms with van der Waals surface area (Å²) in [5.74, 6) is 0. The van der Waals surface area contributed by atoms with Gasteiger partial charge in [0.15, 0.2) is 0 Å². The van der Waals surface area contributed by atoms with Gasteiger partial charge in [-0.3, -0.25) is 0 Å². The zero-order valence-corrected chi connectivity index (χ0v) is 12.5. The summed E-state index contributed by atoms with van der Waals surface area (Å²) in [7, 11) is 0. The van der Waals surface area contributed by atoms with E-state index in [0.29, 0.717) is 0 Å². The molecule has 0 spiro atoms. The monoisotopic (exact) mass is 260 g/mol. The standard InChI is InChI=1S/C15H20N2S/c1-9-6-7-10(2)14(8-9)16-11(3)15-12(4)18-13(5)17-15/h6-8,11,16H,1-5H3. The minimum atomic E-state index is 0.246. The second-order valence-electron chi connectivity index (χ2n) is 4.86. The van der Waals surface area contributed by atoms with Gasteiger partial charge >= 0.3 is 0 Å². The summed E-state index contributed by atoms with van der Waals surface area (Å²) in [6.45, 7) is 10.6. The highest BCUT2D eigenvalue weighted by atomic mass is 32.1. The molecule has 3 heteroatoms. The number of aryl methyl sites for hydroxylation is 4. The molecule has 0 aliphatic heterocycles. The molecular weight excluding hydrogens is 240 g/mol. The van der Waals surface area contributed by atoms with Crippen molar-refractivity contribution >= 4 is 17.0 Å². The lowest BCUT2D eigenvalue weighted by atomic mass is 10.1. The van der Waals surface area contributed by atoms with Crippen LogP contribution in [0.2, 0.25) is 0 Å². The van der Waals surface area contributed by atoms with Crippen LogP contribution in [0.25, 0.3) is 0 Å². The molecule has 0 fully saturated rings. The van der Waals surface area contributed by atoms with Crippen molar-refractivity contribution in [3.63, 3.8) is 0 Å². The fourth-order valence-electron chi connectivity index (χ4n) is 2.14. The molecule has 1 aromatic carbocycles. The molecule has 0 aliphatic carbocycles. The van der Waals surface area contributed by atoms with Crippen molar-refractivity contribution in [3.8, 4) is 0 Å². The van der Waals surface area contributed by atoms with E-state index in [2.05, 4.69) is 63.1 Å². The van der Waals surface area contributed by atoms with Gasteiger partial charge in [0, 0.05) is 10.6 Å². The normalized spacial score (nSPS) is 12.5. The summed E-state index contributed by atoms with van der Waals surface area (Å²) in [6, 6.07) is 6.74. The topological polar surface area (TPSA) is 24.9 Å². The Morgan fingerprint density at radius 2 is 1.89 bits per heavy atom. The van der Waals surface area contributed by atoms with Gasteiger partial charge in [-0.1, -0.05) is 12.1 Å². The first-order valence-corrected chi connectivity index (χ1v) is 7.06. The van der Waals surface area contributed by atoms with Crippen LogP contribution in [-0.2, 0) is 0 Å². The minimum Gasteiger partial charge on any atom is -0.377 e. The third kappa shape index (κ3) is 2.72. The molecular formula is C15H20N2S. The van der Waals surface area contributed by atoms with Crippen LogP contribution in [0.4, 0.5) is 5.69 Å². The van der Waals surface area contributed by atoms with Crippen molar-refractivity contribution in [2.75, 3.05) is 5.32 Å². The van der Waals surface area contributed by atoms with Crippen LogP contribution in [0, 0.1) is 27.7 Å². The summed E-state index contributed by atoms with van der Waals surface area (Å²) < 4.78 is 0. The van der Waals surface area contributed by atoms with E-state index in [-0.39, 0.29) is 6.04 Å². The van der Waals surface area contributed by atoms with Crippen LogP contribution >= 0.6 is 11.3 Å². The van der Waals surface area contributed by atoms with E-state index in [1.165, 1.54) is 27.4 Å². The highest BCUT2D eigenvalue weighted by Crippen LogP contribution is 2.27. The molecule has 0 bridgehead atoms. The number of rotatable bonds is 3. The average molecular weight is 260 g/mol. The highest BCUT2D eigenvalue weighted by Gasteiger charge is 2.13. The van der Waals surface area contributed by atoms with Crippen LogP contribution in [0.3, 0.4) is 0 Å². The number of thiazole rings is 1. The van der Waals surface area contributed by atoms with Gasteiger partial charge < -0.3 is 5.32 Å². The van der Waals surface area contributed by atoms with E-state index in [1.54, 1.807) is 11.3 Å². The molecule has 1 unspecified atom stereocenters. The van der Waals surface area contributed by atoms with E-state index in [9.17, 15) is 0 Å². The number of hydrogen-bond acceptors (Lipinski definition) is 3. The predicted octanol–water partition coefficient (Wildman–Crippen LogP) is 4.55. The summed E-state index contributed by atoms with van der Waals surface area (Å²) >= 11 is 1.76. The lowest BCUT2D eigenvalue weighted by molar-refractivity contribution is 0.835. The van der Waals surface area contributed by atoms with Crippen molar-refractivity contribution in [1.82, 2.24) is 4.98 Å². The van der Waals surface area contributed by atoms with Gasteiger partial charge in [-0.15, -0.1) is 11.3 Å². The number of benzene rings is 1. The van der Waals surface area contributed by atoms with Gasteiger partial charge in [-0.2, -0.15) is 0 Å². The lowest BCUT2D eigenvalue weighted by Gasteiger charge is -2.16. The molecule has 2 aromatic rings. The van der Waals surface area contributed by atoms with Gasteiger partial charge in [0.25, 0.3) is 0 Å². The van der Waals surface area contributed by atoms with Gasteiger partial charge in [0.05, 0.1) is 16.7 Å². The third-order valence-corrected chi connectivity index (χ3v) is 4.02. The maximum atomic E-state index is 4.61. The Balaban J connectivity index is 2.23. The van der Waals surface area contributed by atoms with E-state index in [0.717, 1.165) is 5.01 Å². The van der Waals surface area contributed by atoms with Crippen LogP contribution in [0.1, 0.15) is 39.7 Å². The van der Waals surface area contributed by atoms with Crippen molar-refractivity contribution in [2.45, 2.75) is 40.7 Å². The zero-order valence-electron chi connectivity index (χ0n) is 11.7. The number of aromatic nitrogens is 1. The Hall–Kier alpha value is -1.35. The molecule has 1 aromatic heterocycles. The molecule has 1 N–H and O–H groups in total. The minimum absolute atomic E-state index is 0.246. The Labute approximate surface area is 113 Å². The third-order valence-electron chi connectivity index (χ3n) is 3.11. The fourth-order valence-corrected chi connectivity index (χ4v) is 3.05. The molecule has 1 heterocycles. The Bertz CT molecular complexity index is 558. The molecule has 96 valence electrons. The van der Waals surface area contributed by atoms with E-state index in [4.69, 9.17) is 0 Å². The quantitative estimate of drug-likeness (QED) is 0.875. The van der Waals surface area contributed by atoms with Crippen LogP contribution in [-0.4, -0.2) is 4.98 Å². The molecule has 2 rings (SSSR count). The first kappa shape index (κ1) is 13.1. The summed E-state index contributed by atoms with van der Waals surface area (Å²) in [6.07, 6.45) is 0. The first-order valence-electron chi connectivity index (χ1n) is 6.25. The lowest BCUT2D eigenvalue weighted by Crippen LogP contribution is -2.09. The summed E-state index contributed by atoms with van der Waals surface area (Å²) in [4.78, 5) is 5.92. The second kappa shape index (κ2) is 5.11. The highest BCUT2D eigenvalue weighted by molar-refractivity contribution is 7.11. The van der Waals surface area contributed by atoms with Gasteiger partial charge in [-0.25, -0.2) is 4.98 Å². The maximum absolute atomic E-state index is 4.61. The fraction of sp³-hybridized carbons (Fsp3) is 0.400. The molecule has 1 atom stereocenters. The maximum Gasteiger partial charge on any atom is 0.0901 e. The van der Waals surface area contributed by atoms with Crippen molar-refractivity contribution < 1.29 is 0 Å². The second-order valence-corrected chi connectivity index (χ2v) is 6.27. The Morgan fingerprint density at radius 3 is 2.50 bits per heavy atom. The Morgan fingerprint density at radius 1 is 1.17 bits per heavy atom. The smallest absolute Gasteiger partial charge is 0.0901 e. The largest absolute Gasteiger partial charge is 0.377 e. The number of hydrogen-bond donors (Lipinski definition) is 1. The van der Waals surface area contributed by atoms with Gasteiger partial charge in [0.1, 0.15) is 0 Å². The van der Waals surface area contributed by atoms with E-state index in [1.807, 2.05) is 0 Å².